The number of nitrogen functional groups attached to an aromatic ring is 1. The van der Waals surface area contributed by atoms with E-state index in [2.05, 4.69) is 26.2 Å². The number of anilines is 2. The van der Waals surface area contributed by atoms with Crippen LogP contribution in [0.1, 0.15) is 11.3 Å². The second-order valence-corrected chi connectivity index (χ2v) is 6.02. The Kier molecular flexibility index (Phi) is 4.53. The number of nitrogens with zero attached hydrogens (tertiary/aromatic N) is 2. The minimum Gasteiger partial charge on any atom is -0.375 e. The fraction of sp³-hybridized carbons (Fsp3) is 0.167. The molecule has 0 radical (unpaired) electrons. The maximum Gasteiger partial charge on any atom is 0.274 e. The number of carbonyl (C=O) groups is 1. The highest BCUT2D eigenvalue weighted by Gasteiger charge is 2.16. The number of benzene rings is 1. The summed E-state index contributed by atoms with van der Waals surface area (Å²) in [6.45, 7) is 1.63. The number of nitrogens with one attached hydrogen (secondary N) is 1. The number of aryl methyl sites for hydroxylation is 1. The Morgan fingerprint density at radius 2 is 2.29 bits per heavy atom. The van der Waals surface area contributed by atoms with Crippen molar-refractivity contribution in [2.24, 2.45) is 0 Å². The molecule has 0 fully saturated rings. The molecule has 0 bridgehead atoms. The highest BCUT2D eigenvalue weighted by Crippen LogP contribution is 2.30. The number of hydrogen-bond acceptors (Lipinski definition) is 6. The zero-order valence-corrected chi connectivity index (χ0v) is 13.3. The predicted molar refractivity (Wildman–Crippen MR) is 84.4 cm³/mol. The van der Waals surface area contributed by atoms with Crippen molar-refractivity contribution in [3.8, 4) is 0 Å². The third kappa shape index (κ3) is 3.76. The number of nitrogens with two attached hydrogens (primary N) is 1. The first-order valence-corrected chi connectivity index (χ1v) is 7.48. The van der Waals surface area contributed by atoms with Crippen molar-refractivity contribution in [1.82, 2.24) is 4.98 Å². The standard InChI is InChI=1S/C12H11BrN4O3S/c1-6-2-8(13)9(4-10(6)17(19)20)16-11(18)3-7-5-21-12(14)15-7/h2,4-5H,3H2,1H3,(H2,14,15)(H,16,18). The van der Waals surface area contributed by atoms with Crippen molar-refractivity contribution >= 4 is 49.7 Å². The van der Waals surface area contributed by atoms with E-state index in [1.807, 2.05) is 0 Å². The fourth-order valence-electron chi connectivity index (χ4n) is 1.72. The van der Waals surface area contributed by atoms with Crippen LogP contribution in [0.25, 0.3) is 0 Å². The number of halogens is 1. The summed E-state index contributed by atoms with van der Waals surface area (Å²) in [4.78, 5) is 26.4. The number of hydrogen-bond donors (Lipinski definition) is 2. The molecule has 0 aliphatic rings. The lowest BCUT2D eigenvalue weighted by Gasteiger charge is -2.08. The van der Waals surface area contributed by atoms with E-state index in [9.17, 15) is 14.9 Å². The maximum atomic E-state index is 11.9. The van der Waals surface area contributed by atoms with Crippen molar-refractivity contribution in [1.29, 1.82) is 0 Å². The number of aromatic nitrogens is 1. The number of nitro groups is 1. The van der Waals surface area contributed by atoms with Crippen LogP contribution >= 0.6 is 27.3 Å². The summed E-state index contributed by atoms with van der Waals surface area (Å²) >= 11 is 4.53. The van der Waals surface area contributed by atoms with E-state index in [1.54, 1.807) is 18.4 Å². The average Bonchev–Trinajstić information content (AvgIpc) is 2.77. The molecule has 1 heterocycles. The number of carbonyl (C=O) groups excluding carboxylic acids is 1. The van der Waals surface area contributed by atoms with Gasteiger partial charge in [0.15, 0.2) is 5.13 Å². The topological polar surface area (TPSA) is 111 Å². The molecule has 0 aliphatic heterocycles. The number of nitro benzene ring substituents is 1. The average molecular weight is 371 g/mol. The number of rotatable bonds is 4. The Morgan fingerprint density at radius 1 is 1.57 bits per heavy atom. The number of amides is 1. The summed E-state index contributed by atoms with van der Waals surface area (Å²) in [7, 11) is 0. The van der Waals surface area contributed by atoms with Gasteiger partial charge in [-0.2, -0.15) is 0 Å². The Bertz CT molecular complexity index is 717. The second kappa shape index (κ2) is 6.19. The Labute approximate surface area is 132 Å². The van der Waals surface area contributed by atoms with Crippen LogP contribution in [0, 0.1) is 17.0 Å². The number of thiazole rings is 1. The molecular formula is C12H11BrN4O3S. The van der Waals surface area contributed by atoms with Crippen molar-refractivity contribution in [2.75, 3.05) is 11.1 Å². The molecule has 0 saturated carbocycles. The van der Waals surface area contributed by atoms with E-state index in [4.69, 9.17) is 5.73 Å². The minimum atomic E-state index is -0.488. The molecule has 1 aromatic carbocycles. The first-order valence-electron chi connectivity index (χ1n) is 5.81. The predicted octanol–water partition coefficient (Wildman–Crippen LogP) is 2.89. The molecule has 2 aromatic rings. The summed E-state index contributed by atoms with van der Waals surface area (Å²) in [6.07, 6.45) is 0.0574. The van der Waals surface area contributed by atoms with Crippen LogP contribution in [0.4, 0.5) is 16.5 Å². The molecule has 1 aromatic heterocycles. The highest BCUT2D eigenvalue weighted by atomic mass is 79.9. The molecule has 0 saturated heterocycles. The third-order valence-corrected chi connectivity index (χ3v) is 4.05. The normalized spacial score (nSPS) is 10.4. The van der Waals surface area contributed by atoms with Crippen LogP contribution in [0.3, 0.4) is 0 Å². The molecule has 3 N–H and O–H groups in total. The van der Waals surface area contributed by atoms with Crippen LogP contribution in [-0.2, 0) is 11.2 Å². The maximum absolute atomic E-state index is 11.9. The van der Waals surface area contributed by atoms with Crippen molar-refractivity contribution in [2.45, 2.75) is 13.3 Å². The Morgan fingerprint density at radius 3 is 2.86 bits per heavy atom. The van der Waals surface area contributed by atoms with Gasteiger partial charge in [-0.3, -0.25) is 14.9 Å². The molecule has 9 heteroatoms. The lowest BCUT2D eigenvalue weighted by Crippen LogP contribution is -2.15. The van der Waals surface area contributed by atoms with Gasteiger partial charge in [0.05, 0.1) is 22.7 Å². The van der Waals surface area contributed by atoms with Gasteiger partial charge >= 0.3 is 0 Å². The second-order valence-electron chi connectivity index (χ2n) is 4.28. The van der Waals surface area contributed by atoms with Gasteiger partial charge in [0.1, 0.15) is 0 Å². The van der Waals surface area contributed by atoms with Crippen LogP contribution < -0.4 is 11.1 Å². The fourth-order valence-corrected chi connectivity index (χ4v) is 2.84. The van der Waals surface area contributed by atoms with E-state index in [-0.39, 0.29) is 18.0 Å². The molecule has 7 nitrogen and oxygen atoms in total. The molecule has 0 aliphatic carbocycles. The van der Waals surface area contributed by atoms with Crippen LogP contribution in [-0.4, -0.2) is 15.8 Å². The van der Waals surface area contributed by atoms with E-state index in [1.165, 1.54) is 17.4 Å². The Balaban J connectivity index is 2.17. The summed E-state index contributed by atoms with van der Waals surface area (Å²) in [5.74, 6) is -0.320. The van der Waals surface area contributed by atoms with Gasteiger partial charge in [-0.1, -0.05) is 0 Å². The van der Waals surface area contributed by atoms with Crippen molar-refractivity contribution in [3.63, 3.8) is 0 Å². The van der Waals surface area contributed by atoms with Gasteiger partial charge in [-0.25, -0.2) is 4.98 Å². The Hall–Kier alpha value is -2.00. The molecule has 21 heavy (non-hydrogen) atoms. The van der Waals surface area contributed by atoms with E-state index in [0.717, 1.165) is 0 Å². The zero-order valence-electron chi connectivity index (χ0n) is 10.9. The third-order valence-electron chi connectivity index (χ3n) is 2.67. The first kappa shape index (κ1) is 15.4. The lowest BCUT2D eigenvalue weighted by atomic mass is 10.2. The summed E-state index contributed by atoms with van der Waals surface area (Å²) in [5, 5.41) is 15.6. The zero-order chi connectivity index (χ0) is 15.6. The minimum absolute atomic E-state index is 0.0496. The smallest absolute Gasteiger partial charge is 0.274 e. The van der Waals surface area contributed by atoms with E-state index in [0.29, 0.717) is 26.5 Å². The van der Waals surface area contributed by atoms with Gasteiger partial charge in [0, 0.05) is 21.5 Å². The summed E-state index contributed by atoms with van der Waals surface area (Å²) in [6, 6.07) is 2.92. The monoisotopic (exact) mass is 370 g/mol. The molecule has 0 spiro atoms. The lowest BCUT2D eigenvalue weighted by molar-refractivity contribution is -0.385. The molecule has 110 valence electrons. The summed E-state index contributed by atoms with van der Waals surface area (Å²) < 4.78 is 0.580. The molecular weight excluding hydrogens is 360 g/mol. The van der Waals surface area contributed by atoms with E-state index >= 15 is 0 Å². The van der Waals surface area contributed by atoms with E-state index < -0.39 is 4.92 Å². The van der Waals surface area contributed by atoms with Crippen LogP contribution in [0.2, 0.25) is 0 Å². The van der Waals surface area contributed by atoms with Gasteiger partial charge in [-0.05, 0) is 28.9 Å². The van der Waals surface area contributed by atoms with Gasteiger partial charge in [0.2, 0.25) is 5.91 Å². The first-order chi connectivity index (χ1) is 9.86. The van der Waals surface area contributed by atoms with Crippen LogP contribution in [0.5, 0.6) is 0 Å². The largest absolute Gasteiger partial charge is 0.375 e. The van der Waals surface area contributed by atoms with Gasteiger partial charge in [0.25, 0.3) is 5.69 Å². The SMILES string of the molecule is Cc1cc(Br)c(NC(=O)Cc2csc(N)n2)cc1[N+](=O)[O-]. The molecule has 1 amide bonds. The van der Waals surface area contributed by atoms with Crippen molar-refractivity contribution in [3.05, 3.63) is 43.4 Å². The molecule has 2 rings (SSSR count). The molecule has 0 atom stereocenters. The summed E-state index contributed by atoms with van der Waals surface area (Å²) in [5.41, 5.74) is 6.87. The quantitative estimate of drug-likeness (QED) is 0.634. The molecule has 0 unspecified atom stereocenters. The highest BCUT2D eigenvalue weighted by molar-refractivity contribution is 9.10. The van der Waals surface area contributed by atoms with Crippen LogP contribution in [0.15, 0.2) is 22.0 Å². The van der Waals surface area contributed by atoms with Crippen molar-refractivity contribution < 1.29 is 9.72 Å². The van der Waals surface area contributed by atoms with Gasteiger partial charge in [-0.15, -0.1) is 11.3 Å². The van der Waals surface area contributed by atoms with Gasteiger partial charge < -0.3 is 11.1 Å².